The third-order valence-corrected chi connectivity index (χ3v) is 1.88. The van der Waals surface area contributed by atoms with Crippen LogP contribution in [-0.2, 0) is 9.59 Å². The molecule has 2 heterocycles. The van der Waals surface area contributed by atoms with Crippen molar-refractivity contribution in [2.45, 2.75) is 0 Å². The normalized spacial score (nSPS) is 19.2. The van der Waals surface area contributed by atoms with Crippen LogP contribution in [0.4, 0.5) is 0 Å². The number of furan rings is 1. The SMILES string of the molecule is CN1NC(=O)/C(=C/c2ccco2)C1=O. The third-order valence-electron chi connectivity index (χ3n) is 1.88. The molecule has 0 radical (unpaired) electrons. The van der Waals surface area contributed by atoms with E-state index in [0.717, 1.165) is 5.01 Å². The van der Waals surface area contributed by atoms with E-state index in [9.17, 15) is 9.59 Å². The number of likely N-dealkylation sites (N-methyl/N-ethyl adjacent to an activating group) is 1. The Hall–Kier alpha value is -2.04. The van der Waals surface area contributed by atoms with Gasteiger partial charge >= 0.3 is 0 Å². The van der Waals surface area contributed by atoms with Gasteiger partial charge in [-0.25, -0.2) is 0 Å². The zero-order valence-electron chi connectivity index (χ0n) is 7.48. The van der Waals surface area contributed by atoms with Crippen molar-refractivity contribution < 1.29 is 14.0 Å². The lowest BCUT2D eigenvalue weighted by Crippen LogP contribution is -2.31. The van der Waals surface area contributed by atoms with Crippen LogP contribution >= 0.6 is 0 Å². The van der Waals surface area contributed by atoms with Crippen LogP contribution in [0.2, 0.25) is 0 Å². The number of carbonyl (C=O) groups excluding carboxylic acids is 2. The van der Waals surface area contributed by atoms with Crippen LogP contribution < -0.4 is 5.43 Å². The van der Waals surface area contributed by atoms with E-state index in [1.807, 2.05) is 0 Å². The van der Waals surface area contributed by atoms with Crippen molar-refractivity contribution >= 4 is 17.9 Å². The zero-order valence-corrected chi connectivity index (χ0v) is 7.48. The molecule has 2 amide bonds. The number of rotatable bonds is 1. The van der Waals surface area contributed by atoms with Gasteiger partial charge in [0.15, 0.2) is 0 Å². The van der Waals surface area contributed by atoms with E-state index in [0.29, 0.717) is 5.76 Å². The molecule has 1 aromatic rings. The van der Waals surface area contributed by atoms with Crippen molar-refractivity contribution in [2.24, 2.45) is 0 Å². The zero-order chi connectivity index (χ0) is 10.1. The standard InChI is InChI=1S/C9H8N2O3/c1-11-9(13)7(8(12)10-11)5-6-3-2-4-14-6/h2-5H,1H3,(H,10,12)/b7-5-. The fourth-order valence-corrected chi connectivity index (χ4v) is 1.18. The first-order valence-corrected chi connectivity index (χ1v) is 4.03. The number of nitrogens with zero attached hydrogens (tertiary/aromatic N) is 1. The van der Waals surface area contributed by atoms with Gasteiger partial charge in [-0.3, -0.25) is 20.0 Å². The molecular formula is C9H8N2O3. The van der Waals surface area contributed by atoms with E-state index in [1.165, 1.54) is 19.4 Å². The van der Waals surface area contributed by atoms with E-state index in [2.05, 4.69) is 5.43 Å². The smallest absolute Gasteiger partial charge is 0.277 e. The fourth-order valence-electron chi connectivity index (χ4n) is 1.18. The number of hydrazine groups is 1. The second kappa shape index (κ2) is 3.02. The molecule has 1 aromatic heterocycles. The van der Waals surface area contributed by atoms with Crippen LogP contribution in [0.5, 0.6) is 0 Å². The summed E-state index contributed by atoms with van der Waals surface area (Å²) < 4.78 is 5.00. The second-order valence-electron chi connectivity index (χ2n) is 2.88. The van der Waals surface area contributed by atoms with Crippen molar-refractivity contribution in [3.63, 3.8) is 0 Å². The highest BCUT2D eigenvalue weighted by Crippen LogP contribution is 2.13. The van der Waals surface area contributed by atoms with Gasteiger partial charge in [0.1, 0.15) is 11.3 Å². The molecule has 14 heavy (non-hydrogen) atoms. The maximum Gasteiger partial charge on any atom is 0.277 e. The average molecular weight is 192 g/mol. The molecule has 1 N–H and O–H groups in total. The monoisotopic (exact) mass is 192 g/mol. The highest BCUT2D eigenvalue weighted by atomic mass is 16.3. The minimum absolute atomic E-state index is 0.0856. The highest BCUT2D eigenvalue weighted by Gasteiger charge is 2.30. The maximum absolute atomic E-state index is 11.4. The van der Waals surface area contributed by atoms with Gasteiger partial charge in [-0.15, -0.1) is 0 Å². The summed E-state index contributed by atoms with van der Waals surface area (Å²) in [7, 11) is 1.49. The Labute approximate surface area is 80.0 Å². The largest absolute Gasteiger partial charge is 0.465 e. The number of amides is 2. The summed E-state index contributed by atoms with van der Waals surface area (Å²) in [5.41, 5.74) is 2.45. The lowest BCUT2D eigenvalue weighted by molar-refractivity contribution is -0.126. The molecule has 0 unspecified atom stereocenters. The third kappa shape index (κ3) is 1.28. The van der Waals surface area contributed by atoms with Crippen LogP contribution in [0, 0.1) is 0 Å². The molecule has 0 aromatic carbocycles. The number of carbonyl (C=O) groups is 2. The summed E-state index contributed by atoms with van der Waals surface area (Å²) >= 11 is 0. The van der Waals surface area contributed by atoms with Gasteiger partial charge in [0.2, 0.25) is 0 Å². The van der Waals surface area contributed by atoms with Gasteiger partial charge in [0.05, 0.1) is 6.26 Å². The van der Waals surface area contributed by atoms with Crippen LogP contribution in [-0.4, -0.2) is 23.9 Å². The van der Waals surface area contributed by atoms with Crippen molar-refractivity contribution in [2.75, 3.05) is 7.05 Å². The van der Waals surface area contributed by atoms with E-state index in [-0.39, 0.29) is 11.5 Å². The average Bonchev–Trinajstić information content (AvgIpc) is 2.71. The summed E-state index contributed by atoms with van der Waals surface area (Å²) in [6.45, 7) is 0. The first kappa shape index (κ1) is 8.55. The molecule has 0 bridgehead atoms. The highest BCUT2D eigenvalue weighted by molar-refractivity contribution is 6.25. The van der Waals surface area contributed by atoms with Crippen molar-refractivity contribution in [1.82, 2.24) is 10.4 Å². The molecule has 5 heteroatoms. The molecule has 0 spiro atoms. The minimum atomic E-state index is -0.408. The van der Waals surface area contributed by atoms with Crippen LogP contribution in [0.25, 0.3) is 6.08 Å². The lowest BCUT2D eigenvalue weighted by atomic mass is 10.2. The quantitative estimate of drug-likeness (QED) is 0.509. The minimum Gasteiger partial charge on any atom is -0.465 e. The first-order chi connectivity index (χ1) is 6.68. The van der Waals surface area contributed by atoms with Gasteiger partial charge in [-0.05, 0) is 18.2 Å². The number of hydrogen-bond donors (Lipinski definition) is 1. The van der Waals surface area contributed by atoms with E-state index in [1.54, 1.807) is 12.1 Å². The topological polar surface area (TPSA) is 62.6 Å². The Balaban J connectivity index is 2.35. The summed E-state index contributed by atoms with van der Waals surface area (Å²) in [5.74, 6) is -0.279. The molecule has 2 rings (SSSR count). The Kier molecular flexibility index (Phi) is 1.85. The molecule has 1 saturated heterocycles. The Bertz CT molecular complexity index is 406. The van der Waals surface area contributed by atoms with Gasteiger partial charge < -0.3 is 4.42 Å². The van der Waals surface area contributed by atoms with Gasteiger partial charge in [-0.1, -0.05) is 0 Å². The summed E-state index contributed by atoms with van der Waals surface area (Å²) in [6, 6.07) is 3.36. The van der Waals surface area contributed by atoms with Crippen molar-refractivity contribution in [3.8, 4) is 0 Å². The number of nitrogens with one attached hydrogen (secondary N) is 1. The van der Waals surface area contributed by atoms with Crippen molar-refractivity contribution in [3.05, 3.63) is 29.7 Å². The molecule has 0 atom stereocenters. The molecule has 1 aliphatic rings. The van der Waals surface area contributed by atoms with E-state index >= 15 is 0 Å². The summed E-state index contributed by atoms with van der Waals surface area (Å²) in [4.78, 5) is 22.6. The summed E-state index contributed by atoms with van der Waals surface area (Å²) in [6.07, 6.45) is 2.90. The maximum atomic E-state index is 11.4. The van der Waals surface area contributed by atoms with Gasteiger partial charge in [0, 0.05) is 7.05 Å². The fraction of sp³-hybridized carbons (Fsp3) is 0.111. The molecule has 1 aliphatic heterocycles. The van der Waals surface area contributed by atoms with E-state index < -0.39 is 5.91 Å². The second-order valence-corrected chi connectivity index (χ2v) is 2.88. The predicted molar refractivity (Wildman–Crippen MR) is 47.6 cm³/mol. The van der Waals surface area contributed by atoms with Crippen LogP contribution in [0.1, 0.15) is 5.76 Å². The van der Waals surface area contributed by atoms with Gasteiger partial charge in [0.25, 0.3) is 11.8 Å². The van der Waals surface area contributed by atoms with Crippen LogP contribution in [0.15, 0.2) is 28.4 Å². The van der Waals surface area contributed by atoms with Crippen LogP contribution in [0.3, 0.4) is 0 Å². The molecule has 0 aliphatic carbocycles. The molecule has 72 valence electrons. The lowest BCUT2D eigenvalue weighted by Gasteiger charge is -2.03. The molecule has 1 fully saturated rings. The summed E-state index contributed by atoms with van der Waals surface area (Å²) in [5, 5.41) is 1.14. The predicted octanol–water partition coefficient (Wildman–Crippen LogP) is 0.166. The molecule has 5 nitrogen and oxygen atoms in total. The van der Waals surface area contributed by atoms with Gasteiger partial charge in [-0.2, -0.15) is 0 Å². The Morgan fingerprint density at radius 2 is 2.29 bits per heavy atom. The van der Waals surface area contributed by atoms with Crippen molar-refractivity contribution in [1.29, 1.82) is 0 Å². The molecular weight excluding hydrogens is 184 g/mol. The van der Waals surface area contributed by atoms with E-state index in [4.69, 9.17) is 4.42 Å². The molecule has 0 saturated carbocycles. The Morgan fingerprint density at radius 3 is 2.79 bits per heavy atom. The Morgan fingerprint density at radius 1 is 1.50 bits per heavy atom. The first-order valence-electron chi connectivity index (χ1n) is 4.03. The number of hydrogen-bond acceptors (Lipinski definition) is 3.